The van der Waals surface area contributed by atoms with Crippen LogP contribution >= 0.6 is 0 Å². The van der Waals surface area contributed by atoms with Gasteiger partial charge in [0.25, 0.3) is 0 Å². The Morgan fingerprint density at radius 2 is 2.09 bits per heavy atom. The Morgan fingerprint density at radius 3 is 2.45 bits per heavy atom. The molecule has 2 nitrogen and oxygen atoms in total. The summed E-state index contributed by atoms with van der Waals surface area (Å²) in [6.07, 6.45) is 2.78. The summed E-state index contributed by atoms with van der Waals surface area (Å²) in [6, 6.07) is -0.869. The van der Waals surface area contributed by atoms with Crippen LogP contribution in [0.1, 0.15) is 6.92 Å². The first-order chi connectivity index (χ1) is 5.24. The predicted octanol–water partition coefficient (Wildman–Crippen LogP) is 1.23. The average Bonchev–Trinajstić information content (AvgIpc) is 2.01. The molecule has 0 unspecified atom stereocenters. The van der Waals surface area contributed by atoms with Gasteiger partial charge in [0.1, 0.15) is 19.4 Å². The maximum atomic E-state index is 11.9. The van der Waals surface area contributed by atoms with Crippen molar-refractivity contribution in [3.05, 3.63) is 12.3 Å². The van der Waals surface area contributed by atoms with E-state index in [0.29, 0.717) is 5.71 Å². The highest BCUT2D eigenvalue weighted by Gasteiger charge is 2.03. The van der Waals surface area contributed by atoms with E-state index in [0.717, 1.165) is 0 Å². The molecule has 0 rings (SSSR count). The van der Waals surface area contributed by atoms with Crippen molar-refractivity contribution in [2.45, 2.75) is 13.0 Å². The largest absolute Gasteiger partial charge is 0.405 e. The smallest absolute Gasteiger partial charge is 0.114 e. The number of rotatable bonds is 4. The molecule has 0 aliphatic rings. The zero-order valence-corrected chi connectivity index (χ0v) is 6.43. The number of hydrogen-bond donors (Lipinski definition) is 1. The van der Waals surface area contributed by atoms with E-state index in [1.807, 2.05) is 0 Å². The molecule has 0 amide bonds. The van der Waals surface area contributed by atoms with Gasteiger partial charge in [0, 0.05) is 5.71 Å². The van der Waals surface area contributed by atoms with E-state index in [2.05, 4.69) is 4.99 Å². The van der Waals surface area contributed by atoms with E-state index in [4.69, 9.17) is 5.73 Å². The van der Waals surface area contributed by atoms with Crippen molar-refractivity contribution in [2.75, 3.05) is 13.3 Å². The molecule has 0 aliphatic heterocycles. The van der Waals surface area contributed by atoms with E-state index < -0.39 is 19.4 Å². The van der Waals surface area contributed by atoms with Crippen LogP contribution in [0.2, 0.25) is 0 Å². The van der Waals surface area contributed by atoms with Crippen LogP contribution in [-0.2, 0) is 0 Å². The molecule has 2 N–H and O–H groups in total. The summed E-state index contributed by atoms with van der Waals surface area (Å²) in [5, 5.41) is 0. The number of nitrogens with two attached hydrogens (primary N) is 1. The molecule has 0 fully saturated rings. The molecule has 0 radical (unpaired) electrons. The topological polar surface area (TPSA) is 38.4 Å². The zero-order chi connectivity index (χ0) is 8.69. The monoisotopic (exact) mass is 162 g/mol. The fraction of sp³-hybridized carbons (Fsp3) is 0.571. The molecule has 0 saturated heterocycles. The van der Waals surface area contributed by atoms with Crippen LogP contribution in [0.5, 0.6) is 0 Å². The maximum Gasteiger partial charge on any atom is 0.114 e. The van der Waals surface area contributed by atoms with Gasteiger partial charge in [-0.2, -0.15) is 0 Å². The summed E-state index contributed by atoms with van der Waals surface area (Å²) >= 11 is 0. The molecule has 0 aromatic rings. The Morgan fingerprint density at radius 1 is 1.55 bits per heavy atom. The Bertz CT molecular complexity index is 151. The van der Waals surface area contributed by atoms with E-state index in [-0.39, 0.29) is 0 Å². The predicted molar refractivity (Wildman–Crippen MR) is 42.2 cm³/mol. The van der Waals surface area contributed by atoms with Crippen molar-refractivity contribution in [1.82, 2.24) is 0 Å². The first-order valence-electron chi connectivity index (χ1n) is 3.29. The van der Waals surface area contributed by atoms with E-state index in [1.54, 1.807) is 6.92 Å². The molecule has 0 aromatic carbocycles. The van der Waals surface area contributed by atoms with Crippen molar-refractivity contribution in [3.63, 3.8) is 0 Å². The third-order valence-corrected chi connectivity index (χ3v) is 1.08. The second kappa shape index (κ2) is 5.82. The molecule has 11 heavy (non-hydrogen) atoms. The highest BCUT2D eigenvalue weighted by atomic mass is 19.1. The molecular formula is C7H12F2N2. The molecular weight excluding hydrogens is 150 g/mol. The summed E-state index contributed by atoms with van der Waals surface area (Å²) in [5.74, 6) is 0. The van der Waals surface area contributed by atoms with Crippen LogP contribution in [0, 0.1) is 0 Å². The molecule has 0 bridgehead atoms. The minimum Gasteiger partial charge on any atom is -0.405 e. The van der Waals surface area contributed by atoms with Crippen LogP contribution in [0.15, 0.2) is 17.3 Å². The fourth-order valence-corrected chi connectivity index (χ4v) is 0.581. The normalized spacial score (nSPS) is 13.3. The van der Waals surface area contributed by atoms with Gasteiger partial charge in [-0.3, -0.25) is 4.99 Å². The summed E-state index contributed by atoms with van der Waals surface area (Å²) in [4.78, 5) is 3.70. The molecule has 0 spiro atoms. The lowest BCUT2D eigenvalue weighted by molar-refractivity contribution is 0.354. The van der Waals surface area contributed by atoms with Gasteiger partial charge in [0.15, 0.2) is 0 Å². The van der Waals surface area contributed by atoms with Gasteiger partial charge in [-0.05, 0) is 19.2 Å². The van der Waals surface area contributed by atoms with Crippen LogP contribution in [0.3, 0.4) is 0 Å². The third kappa shape index (κ3) is 4.47. The number of allylic oxidation sites excluding steroid dienone is 1. The maximum absolute atomic E-state index is 11.9. The number of aliphatic imine (C=N–C) groups is 1. The van der Waals surface area contributed by atoms with E-state index >= 15 is 0 Å². The number of nitrogens with zero attached hydrogens (tertiary/aromatic N) is 1. The van der Waals surface area contributed by atoms with Crippen molar-refractivity contribution in [2.24, 2.45) is 10.7 Å². The fourth-order valence-electron chi connectivity index (χ4n) is 0.581. The summed E-state index contributed by atoms with van der Waals surface area (Å²) in [5.41, 5.74) is 5.57. The van der Waals surface area contributed by atoms with E-state index in [9.17, 15) is 8.78 Å². The Balaban J connectivity index is 4.02. The van der Waals surface area contributed by atoms with Crippen molar-refractivity contribution < 1.29 is 8.78 Å². The lowest BCUT2D eigenvalue weighted by atomic mass is 10.3. The second-order valence-corrected chi connectivity index (χ2v) is 2.09. The van der Waals surface area contributed by atoms with Gasteiger partial charge in [0.05, 0.1) is 0 Å². The number of alkyl halides is 2. The SMILES string of the molecule is CC(C=CN)=NC(CF)CF. The van der Waals surface area contributed by atoms with Gasteiger partial charge in [0.2, 0.25) is 0 Å². The van der Waals surface area contributed by atoms with Gasteiger partial charge >= 0.3 is 0 Å². The average molecular weight is 162 g/mol. The summed E-state index contributed by atoms with van der Waals surface area (Å²) in [6.45, 7) is 0.0974. The lowest BCUT2D eigenvalue weighted by Gasteiger charge is -2.01. The Labute approximate surface area is 64.8 Å². The number of halogens is 2. The first-order valence-corrected chi connectivity index (χ1v) is 3.29. The number of hydrogen-bond acceptors (Lipinski definition) is 2. The molecule has 0 atom stereocenters. The van der Waals surface area contributed by atoms with Crippen molar-refractivity contribution in [1.29, 1.82) is 0 Å². The van der Waals surface area contributed by atoms with Crippen LogP contribution < -0.4 is 5.73 Å². The molecule has 64 valence electrons. The molecule has 0 saturated carbocycles. The minimum atomic E-state index is -0.869. The van der Waals surface area contributed by atoms with Gasteiger partial charge < -0.3 is 5.73 Å². The Hall–Kier alpha value is -0.930. The summed E-state index contributed by atoms with van der Waals surface area (Å²) < 4.78 is 23.7. The van der Waals surface area contributed by atoms with Crippen molar-refractivity contribution in [3.8, 4) is 0 Å². The van der Waals surface area contributed by atoms with E-state index in [1.165, 1.54) is 12.3 Å². The highest BCUT2D eigenvalue weighted by Crippen LogP contribution is 1.95. The first kappa shape index (κ1) is 10.1. The molecule has 0 aromatic heterocycles. The molecule has 4 heteroatoms. The highest BCUT2D eigenvalue weighted by molar-refractivity contribution is 5.92. The van der Waals surface area contributed by atoms with Crippen molar-refractivity contribution >= 4 is 5.71 Å². The van der Waals surface area contributed by atoms with Gasteiger partial charge in [-0.1, -0.05) is 0 Å². The zero-order valence-electron chi connectivity index (χ0n) is 6.43. The Kier molecular flexibility index (Phi) is 5.33. The second-order valence-electron chi connectivity index (χ2n) is 2.09. The van der Waals surface area contributed by atoms with Crippen LogP contribution in [-0.4, -0.2) is 25.1 Å². The van der Waals surface area contributed by atoms with Gasteiger partial charge in [-0.15, -0.1) is 0 Å². The van der Waals surface area contributed by atoms with Crippen LogP contribution in [0.4, 0.5) is 8.78 Å². The molecule has 0 heterocycles. The lowest BCUT2D eigenvalue weighted by Crippen LogP contribution is -2.11. The minimum absolute atomic E-state index is 0.535. The van der Waals surface area contributed by atoms with Gasteiger partial charge in [-0.25, -0.2) is 8.78 Å². The molecule has 0 aliphatic carbocycles. The third-order valence-electron chi connectivity index (χ3n) is 1.08. The summed E-state index contributed by atoms with van der Waals surface area (Å²) in [7, 11) is 0. The van der Waals surface area contributed by atoms with Crippen LogP contribution in [0.25, 0.3) is 0 Å². The quantitative estimate of drug-likeness (QED) is 0.620. The standard InChI is InChI=1S/C7H12F2N2/c1-6(2-3-10)11-7(4-8)5-9/h2-3,7H,4-5,10H2,1H3.